The first-order valence-corrected chi connectivity index (χ1v) is 7.46. The van der Waals surface area contributed by atoms with Crippen LogP contribution in [-0.4, -0.2) is 9.97 Å². The van der Waals surface area contributed by atoms with Gasteiger partial charge >= 0.3 is 0 Å². The lowest BCUT2D eigenvalue weighted by Crippen LogP contribution is -1.86. The van der Waals surface area contributed by atoms with Crippen molar-refractivity contribution in [2.45, 2.75) is 25.7 Å². The van der Waals surface area contributed by atoms with Crippen LogP contribution in [0.1, 0.15) is 29.5 Å². The third-order valence-corrected chi connectivity index (χ3v) is 4.87. The summed E-state index contributed by atoms with van der Waals surface area (Å²) in [6.45, 7) is 1.96. The van der Waals surface area contributed by atoms with Crippen molar-refractivity contribution in [2.24, 2.45) is 0 Å². The fraction of sp³-hybridized carbons (Fsp3) is 0.250. The Labute approximate surface area is 116 Å². The molecule has 0 bridgehead atoms. The SMILES string of the molecule is Cc1ncc2c(-c3ccccc3)c(C3CC3)sc2n1. The van der Waals surface area contributed by atoms with E-state index in [1.54, 1.807) is 0 Å². The number of aromatic nitrogens is 2. The molecular weight excluding hydrogens is 252 g/mol. The molecule has 1 aliphatic rings. The van der Waals surface area contributed by atoms with E-state index in [1.807, 2.05) is 24.5 Å². The summed E-state index contributed by atoms with van der Waals surface area (Å²) < 4.78 is 0. The van der Waals surface area contributed by atoms with Gasteiger partial charge in [0.2, 0.25) is 0 Å². The Morgan fingerprint density at radius 2 is 1.95 bits per heavy atom. The lowest BCUT2D eigenvalue weighted by Gasteiger charge is -2.03. The molecule has 3 aromatic rings. The van der Waals surface area contributed by atoms with Crippen molar-refractivity contribution in [3.63, 3.8) is 0 Å². The second-order valence-corrected chi connectivity index (χ2v) is 6.15. The van der Waals surface area contributed by atoms with Gasteiger partial charge in [0.05, 0.1) is 0 Å². The van der Waals surface area contributed by atoms with Crippen LogP contribution in [0.25, 0.3) is 21.3 Å². The maximum absolute atomic E-state index is 4.60. The Bertz CT molecular complexity index is 742. The summed E-state index contributed by atoms with van der Waals surface area (Å²) >= 11 is 1.85. The number of hydrogen-bond acceptors (Lipinski definition) is 3. The van der Waals surface area contributed by atoms with Crippen molar-refractivity contribution in [1.29, 1.82) is 0 Å². The van der Waals surface area contributed by atoms with E-state index in [4.69, 9.17) is 0 Å². The van der Waals surface area contributed by atoms with Crippen LogP contribution in [-0.2, 0) is 0 Å². The van der Waals surface area contributed by atoms with Gasteiger partial charge in [-0.25, -0.2) is 9.97 Å². The van der Waals surface area contributed by atoms with E-state index in [2.05, 4.69) is 40.3 Å². The van der Waals surface area contributed by atoms with Gasteiger partial charge in [-0.3, -0.25) is 0 Å². The molecule has 1 saturated carbocycles. The number of nitrogens with zero attached hydrogens (tertiary/aromatic N) is 2. The quantitative estimate of drug-likeness (QED) is 0.680. The molecule has 3 heteroatoms. The van der Waals surface area contributed by atoms with Crippen LogP contribution < -0.4 is 0 Å². The monoisotopic (exact) mass is 266 g/mol. The molecule has 94 valence electrons. The maximum Gasteiger partial charge on any atom is 0.127 e. The number of aryl methyl sites for hydroxylation is 1. The second-order valence-electron chi connectivity index (χ2n) is 5.12. The number of fused-ring (bicyclic) bond motifs is 1. The van der Waals surface area contributed by atoms with E-state index in [0.717, 1.165) is 16.6 Å². The number of hydrogen-bond donors (Lipinski definition) is 0. The summed E-state index contributed by atoms with van der Waals surface area (Å²) in [5.74, 6) is 1.60. The molecule has 2 aromatic heterocycles. The summed E-state index contributed by atoms with van der Waals surface area (Å²) in [5.41, 5.74) is 2.66. The fourth-order valence-corrected chi connectivity index (χ4v) is 3.91. The van der Waals surface area contributed by atoms with Crippen molar-refractivity contribution in [2.75, 3.05) is 0 Å². The summed E-state index contributed by atoms with van der Waals surface area (Å²) in [6.07, 6.45) is 4.63. The van der Waals surface area contributed by atoms with Gasteiger partial charge in [-0.1, -0.05) is 30.3 Å². The molecule has 1 fully saturated rings. The minimum atomic E-state index is 0.745. The summed E-state index contributed by atoms with van der Waals surface area (Å²) in [7, 11) is 0. The van der Waals surface area contributed by atoms with Gasteiger partial charge in [-0.2, -0.15) is 0 Å². The van der Waals surface area contributed by atoms with Crippen LogP contribution in [0.15, 0.2) is 36.5 Å². The van der Waals surface area contributed by atoms with E-state index in [9.17, 15) is 0 Å². The molecule has 2 heterocycles. The molecule has 0 saturated heterocycles. The molecule has 1 aromatic carbocycles. The molecule has 2 nitrogen and oxygen atoms in total. The fourth-order valence-electron chi connectivity index (χ4n) is 2.52. The molecule has 0 N–H and O–H groups in total. The van der Waals surface area contributed by atoms with E-state index >= 15 is 0 Å². The van der Waals surface area contributed by atoms with Crippen LogP contribution in [0.2, 0.25) is 0 Å². The van der Waals surface area contributed by atoms with Gasteiger partial charge in [-0.05, 0) is 31.2 Å². The molecular formula is C16H14N2S. The highest BCUT2D eigenvalue weighted by atomic mass is 32.1. The highest BCUT2D eigenvalue weighted by Gasteiger charge is 2.30. The molecule has 0 spiro atoms. The molecule has 0 radical (unpaired) electrons. The van der Waals surface area contributed by atoms with Crippen LogP contribution in [0, 0.1) is 6.92 Å². The Hall–Kier alpha value is -1.74. The van der Waals surface area contributed by atoms with E-state index < -0.39 is 0 Å². The Morgan fingerprint density at radius 3 is 2.68 bits per heavy atom. The predicted molar refractivity (Wildman–Crippen MR) is 79.6 cm³/mol. The van der Waals surface area contributed by atoms with Gasteiger partial charge in [0.15, 0.2) is 0 Å². The number of benzene rings is 1. The Morgan fingerprint density at radius 1 is 1.16 bits per heavy atom. The lowest BCUT2D eigenvalue weighted by atomic mass is 10.0. The highest BCUT2D eigenvalue weighted by Crippen LogP contribution is 2.50. The average Bonchev–Trinajstić information content (AvgIpc) is 3.21. The zero-order valence-electron chi connectivity index (χ0n) is 10.8. The second kappa shape index (κ2) is 4.14. The van der Waals surface area contributed by atoms with Gasteiger partial charge < -0.3 is 0 Å². The Balaban J connectivity index is 2.03. The minimum absolute atomic E-state index is 0.745. The summed E-state index contributed by atoms with van der Waals surface area (Å²) in [6, 6.07) is 10.6. The zero-order chi connectivity index (χ0) is 12.8. The van der Waals surface area contributed by atoms with E-state index in [0.29, 0.717) is 0 Å². The predicted octanol–water partition coefficient (Wildman–Crippen LogP) is 4.54. The van der Waals surface area contributed by atoms with E-state index in [-0.39, 0.29) is 0 Å². The van der Waals surface area contributed by atoms with Crippen molar-refractivity contribution in [3.05, 3.63) is 47.2 Å². The first kappa shape index (κ1) is 11.1. The Kier molecular flexibility index (Phi) is 2.42. The van der Waals surface area contributed by atoms with Crippen molar-refractivity contribution in [3.8, 4) is 11.1 Å². The average molecular weight is 266 g/mol. The molecule has 19 heavy (non-hydrogen) atoms. The number of rotatable bonds is 2. The molecule has 0 unspecified atom stereocenters. The summed E-state index contributed by atoms with van der Waals surface area (Å²) in [4.78, 5) is 11.6. The minimum Gasteiger partial charge on any atom is -0.241 e. The molecule has 4 rings (SSSR count). The third kappa shape index (κ3) is 1.85. The topological polar surface area (TPSA) is 25.8 Å². The molecule has 0 aliphatic heterocycles. The third-order valence-electron chi connectivity index (χ3n) is 3.61. The van der Waals surface area contributed by atoms with Gasteiger partial charge in [0.1, 0.15) is 10.7 Å². The van der Waals surface area contributed by atoms with Crippen LogP contribution in [0.4, 0.5) is 0 Å². The molecule has 0 atom stereocenters. The standard InChI is InChI=1S/C16H14N2S/c1-10-17-9-13-14(11-5-3-2-4-6-11)15(12-7-8-12)19-16(13)18-10/h2-6,9,12H,7-8H2,1H3. The maximum atomic E-state index is 4.60. The van der Waals surface area contributed by atoms with Crippen molar-refractivity contribution in [1.82, 2.24) is 9.97 Å². The van der Waals surface area contributed by atoms with Gasteiger partial charge in [0, 0.05) is 22.0 Å². The molecule has 1 aliphatic carbocycles. The van der Waals surface area contributed by atoms with Gasteiger partial charge in [0.25, 0.3) is 0 Å². The van der Waals surface area contributed by atoms with Gasteiger partial charge in [-0.15, -0.1) is 11.3 Å². The van der Waals surface area contributed by atoms with Crippen molar-refractivity contribution < 1.29 is 0 Å². The van der Waals surface area contributed by atoms with Crippen molar-refractivity contribution >= 4 is 21.6 Å². The summed E-state index contributed by atoms with van der Waals surface area (Å²) in [5, 5.41) is 1.21. The van der Waals surface area contributed by atoms with Crippen LogP contribution in [0.3, 0.4) is 0 Å². The van der Waals surface area contributed by atoms with Crippen LogP contribution in [0.5, 0.6) is 0 Å². The molecule has 0 amide bonds. The smallest absolute Gasteiger partial charge is 0.127 e. The highest BCUT2D eigenvalue weighted by molar-refractivity contribution is 7.19. The van der Waals surface area contributed by atoms with E-state index in [1.165, 1.54) is 34.2 Å². The zero-order valence-corrected chi connectivity index (χ0v) is 11.6. The number of thiophene rings is 1. The first-order valence-electron chi connectivity index (χ1n) is 6.64. The lowest BCUT2D eigenvalue weighted by molar-refractivity contribution is 1.10. The van der Waals surface area contributed by atoms with Crippen LogP contribution >= 0.6 is 11.3 Å². The first-order chi connectivity index (χ1) is 9.33. The largest absolute Gasteiger partial charge is 0.241 e. The normalized spacial score (nSPS) is 15.0.